The molecule has 0 spiro atoms. The summed E-state index contributed by atoms with van der Waals surface area (Å²) in [5.41, 5.74) is 3.24. The van der Waals surface area contributed by atoms with Crippen molar-refractivity contribution in [2.75, 3.05) is 0 Å². The van der Waals surface area contributed by atoms with Crippen LogP contribution in [0.25, 0.3) is 9.88 Å². The number of nitrogens with one attached hydrogen (secondary N) is 1. The molecule has 2 fully saturated rings. The molecule has 2 saturated carbocycles. The highest BCUT2D eigenvalue weighted by molar-refractivity contribution is 7.20. The third-order valence-corrected chi connectivity index (χ3v) is 5.48. The molecule has 3 nitrogen and oxygen atoms in total. The SMILES string of the molecule is c1ncc(-c2nc(C3CC3)c(CNC3CC3)s2)s1. The van der Waals surface area contributed by atoms with Gasteiger partial charge in [-0.05, 0) is 25.7 Å². The predicted molar refractivity (Wildman–Crippen MR) is 75.1 cm³/mol. The van der Waals surface area contributed by atoms with Gasteiger partial charge in [-0.2, -0.15) is 0 Å². The molecule has 2 heterocycles. The van der Waals surface area contributed by atoms with Crippen LogP contribution in [-0.2, 0) is 6.54 Å². The Bertz CT molecular complexity index is 539. The Morgan fingerprint density at radius 3 is 2.83 bits per heavy atom. The number of thiazole rings is 2. The van der Waals surface area contributed by atoms with Crippen molar-refractivity contribution >= 4 is 22.7 Å². The van der Waals surface area contributed by atoms with E-state index in [0.29, 0.717) is 0 Å². The van der Waals surface area contributed by atoms with Gasteiger partial charge in [0.2, 0.25) is 0 Å². The molecule has 94 valence electrons. The Morgan fingerprint density at radius 1 is 1.28 bits per heavy atom. The van der Waals surface area contributed by atoms with E-state index in [1.807, 2.05) is 23.0 Å². The molecule has 2 aliphatic carbocycles. The van der Waals surface area contributed by atoms with Crippen molar-refractivity contribution in [3.8, 4) is 9.88 Å². The van der Waals surface area contributed by atoms with E-state index in [1.54, 1.807) is 11.3 Å². The standard InChI is InChI=1S/C13H15N3S2/c1-2-8(1)12-10(6-15-9-3-4-9)18-13(16-12)11-5-14-7-17-11/h5,7-9,15H,1-4,6H2. The quantitative estimate of drug-likeness (QED) is 0.910. The largest absolute Gasteiger partial charge is 0.309 e. The van der Waals surface area contributed by atoms with Gasteiger partial charge >= 0.3 is 0 Å². The first-order valence-corrected chi connectivity index (χ1v) is 8.21. The first-order chi connectivity index (χ1) is 8.90. The van der Waals surface area contributed by atoms with Gasteiger partial charge in [0.05, 0.1) is 16.1 Å². The summed E-state index contributed by atoms with van der Waals surface area (Å²) in [4.78, 5) is 11.7. The highest BCUT2D eigenvalue weighted by Crippen LogP contribution is 2.44. The molecule has 0 aromatic carbocycles. The van der Waals surface area contributed by atoms with Gasteiger partial charge < -0.3 is 5.32 Å². The summed E-state index contributed by atoms with van der Waals surface area (Å²) in [5, 5.41) is 4.77. The molecule has 2 aromatic rings. The first-order valence-electron chi connectivity index (χ1n) is 6.52. The zero-order chi connectivity index (χ0) is 11.9. The highest BCUT2D eigenvalue weighted by atomic mass is 32.1. The van der Waals surface area contributed by atoms with Crippen LogP contribution in [0.5, 0.6) is 0 Å². The van der Waals surface area contributed by atoms with Gasteiger partial charge in [0, 0.05) is 29.6 Å². The summed E-state index contributed by atoms with van der Waals surface area (Å²) in [6.07, 6.45) is 7.27. The Balaban J connectivity index is 1.61. The first kappa shape index (κ1) is 11.1. The molecular weight excluding hydrogens is 262 g/mol. The summed E-state index contributed by atoms with van der Waals surface area (Å²) in [5.74, 6) is 0.735. The summed E-state index contributed by atoms with van der Waals surface area (Å²) < 4.78 is 0. The number of rotatable bonds is 5. The molecule has 5 heteroatoms. The fourth-order valence-corrected chi connectivity index (χ4v) is 3.89. The van der Waals surface area contributed by atoms with E-state index >= 15 is 0 Å². The van der Waals surface area contributed by atoms with E-state index in [-0.39, 0.29) is 0 Å². The predicted octanol–water partition coefficient (Wildman–Crippen LogP) is 3.40. The van der Waals surface area contributed by atoms with Crippen LogP contribution >= 0.6 is 22.7 Å². The third kappa shape index (κ3) is 2.22. The second-order valence-electron chi connectivity index (χ2n) is 5.12. The van der Waals surface area contributed by atoms with Crippen molar-refractivity contribution in [3.63, 3.8) is 0 Å². The van der Waals surface area contributed by atoms with Gasteiger partial charge in [-0.15, -0.1) is 22.7 Å². The van der Waals surface area contributed by atoms with Crippen LogP contribution in [0, 0.1) is 0 Å². The van der Waals surface area contributed by atoms with Gasteiger partial charge in [-0.1, -0.05) is 0 Å². The van der Waals surface area contributed by atoms with Gasteiger partial charge in [0.25, 0.3) is 0 Å². The van der Waals surface area contributed by atoms with Gasteiger partial charge in [0.15, 0.2) is 0 Å². The second kappa shape index (κ2) is 4.40. The van der Waals surface area contributed by atoms with Crippen molar-refractivity contribution < 1.29 is 0 Å². The van der Waals surface area contributed by atoms with Crippen LogP contribution in [0.1, 0.15) is 42.2 Å². The van der Waals surface area contributed by atoms with Crippen molar-refractivity contribution in [2.24, 2.45) is 0 Å². The van der Waals surface area contributed by atoms with Crippen LogP contribution in [0.2, 0.25) is 0 Å². The Labute approximate surface area is 114 Å². The minimum atomic E-state index is 0.735. The van der Waals surface area contributed by atoms with Crippen molar-refractivity contribution in [1.29, 1.82) is 0 Å². The Morgan fingerprint density at radius 2 is 2.17 bits per heavy atom. The maximum absolute atomic E-state index is 4.86. The second-order valence-corrected chi connectivity index (χ2v) is 7.09. The van der Waals surface area contributed by atoms with E-state index in [4.69, 9.17) is 4.98 Å². The molecule has 0 bridgehead atoms. The lowest BCUT2D eigenvalue weighted by atomic mass is 10.2. The molecule has 2 aliphatic rings. The van der Waals surface area contributed by atoms with Crippen molar-refractivity contribution in [2.45, 2.75) is 44.2 Å². The third-order valence-electron chi connectivity index (χ3n) is 3.46. The average molecular weight is 277 g/mol. The van der Waals surface area contributed by atoms with E-state index in [0.717, 1.165) is 23.5 Å². The van der Waals surface area contributed by atoms with Gasteiger partial charge in [-0.25, -0.2) is 4.98 Å². The summed E-state index contributed by atoms with van der Waals surface area (Å²) in [6, 6.07) is 0.769. The van der Waals surface area contributed by atoms with E-state index in [2.05, 4.69) is 10.3 Å². The number of hydrogen-bond acceptors (Lipinski definition) is 5. The molecule has 0 atom stereocenters. The van der Waals surface area contributed by atoms with Crippen LogP contribution in [0.15, 0.2) is 11.7 Å². The van der Waals surface area contributed by atoms with Crippen LogP contribution in [0.3, 0.4) is 0 Å². The van der Waals surface area contributed by atoms with E-state index in [1.165, 1.54) is 41.1 Å². The molecular formula is C13H15N3S2. The van der Waals surface area contributed by atoms with Gasteiger partial charge in [-0.3, -0.25) is 4.98 Å². The minimum absolute atomic E-state index is 0.735. The molecule has 0 saturated heterocycles. The van der Waals surface area contributed by atoms with Crippen LogP contribution < -0.4 is 5.32 Å². The average Bonchev–Trinajstić information content (AvgIpc) is 3.30. The highest BCUT2D eigenvalue weighted by Gasteiger charge is 2.30. The molecule has 2 aromatic heterocycles. The Kier molecular flexibility index (Phi) is 2.71. The fourth-order valence-electron chi connectivity index (χ4n) is 2.12. The van der Waals surface area contributed by atoms with Crippen molar-refractivity contribution in [3.05, 3.63) is 22.3 Å². The van der Waals surface area contributed by atoms with Crippen LogP contribution in [0.4, 0.5) is 0 Å². The monoisotopic (exact) mass is 277 g/mol. The lowest BCUT2D eigenvalue weighted by molar-refractivity contribution is 0.688. The lowest BCUT2D eigenvalue weighted by Gasteiger charge is -2.01. The summed E-state index contributed by atoms with van der Waals surface area (Å²) in [7, 11) is 0. The topological polar surface area (TPSA) is 37.8 Å². The summed E-state index contributed by atoms with van der Waals surface area (Å²) >= 11 is 3.54. The molecule has 4 rings (SSSR count). The zero-order valence-electron chi connectivity index (χ0n) is 10.1. The smallest absolute Gasteiger partial charge is 0.135 e. The van der Waals surface area contributed by atoms with Crippen LogP contribution in [-0.4, -0.2) is 16.0 Å². The molecule has 18 heavy (non-hydrogen) atoms. The molecule has 0 amide bonds. The number of nitrogens with zero attached hydrogens (tertiary/aromatic N) is 2. The van der Waals surface area contributed by atoms with E-state index in [9.17, 15) is 0 Å². The molecule has 0 aliphatic heterocycles. The minimum Gasteiger partial charge on any atom is -0.309 e. The molecule has 0 unspecified atom stereocenters. The zero-order valence-corrected chi connectivity index (χ0v) is 11.7. The number of aromatic nitrogens is 2. The fraction of sp³-hybridized carbons (Fsp3) is 0.538. The maximum Gasteiger partial charge on any atom is 0.135 e. The molecule has 0 radical (unpaired) electrons. The van der Waals surface area contributed by atoms with Gasteiger partial charge in [0.1, 0.15) is 5.01 Å². The summed E-state index contributed by atoms with van der Waals surface area (Å²) in [6.45, 7) is 1.01. The Hall–Kier alpha value is -0.780. The molecule has 1 N–H and O–H groups in total. The van der Waals surface area contributed by atoms with Crippen molar-refractivity contribution in [1.82, 2.24) is 15.3 Å². The van der Waals surface area contributed by atoms with E-state index < -0.39 is 0 Å². The maximum atomic E-state index is 4.86. The number of hydrogen-bond donors (Lipinski definition) is 1. The lowest BCUT2D eigenvalue weighted by Crippen LogP contribution is -2.15. The normalized spacial score (nSPS) is 19.3.